The van der Waals surface area contributed by atoms with Crippen molar-refractivity contribution in [3.05, 3.63) is 29.3 Å². The fourth-order valence-corrected chi connectivity index (χ4v) is 3.06. The molecule has 0 saturated carbocycles. The van der Waals surface area contributed by atoms with Gasteiger partial charge in [0.1, 0.15) is 0 Å². The summed E-state index contributed by atoms with van der Waals surface area (Å²) in [5.41, 5.74) is -1.02. The van der Waals surface area contributed by atoms with Crippen molar-refractivity contribution in [3.63, 3.8) is 0 Å². The molecule has 1 aromatic rings. The molecule has 0 amide bonds. The highest BCUT2D eigenvalue weighted by atomic mass is 32.2. The fourth-order valence-electron chi connectivity index (χ4n) is 1.88. The number of anilines is 1. The third-order valence-corrected chi connectivity index (χ3v) is 4.13. The van der Waals surface area contributed by atoms with Crippen LogP contribution in [0.5, 0.6) is 0 Å². The Morgan fingerprint density at radius 2 is 2.14 bits per heavy atom. The zero-order chi connectivity index (χ0) is 15.6. The molecular formula is C14H14F3N3S. The summed E-state index contributed by atoms with van der Waals surface area (Å²) in [6.45, 7) is 4.11. The molecule has 0 fully saturated rings. The summed E-state index contributed by atoms with van der Waals surface area (Å²) in [5.74, 6) is 1.21. The van der Waals surface area contributed by atoms with Crippen LogP contribution >= 0.6 is 11.8 Å². The van der Waals surface area contributed by atoms with Gasteiger partial charge in [-0.25, -0.2) is 0 Å². The third-order valence-electron chi connectivity index (χ3n) is 3.14. The van der Waals surface area contributed by atoms with Crippen LogP contribution in [0.4, 0.5) is 18.9 Å². The summed E-state index contributed by atoms with van der Waals surface area (Å²) >= 11 is 1.49. The van der Waals surface area contributed by atoms with Crippen molar-refractivity contribution in [2.75, 3.05) is 11.1 Å². The molecule has 1 atom stereocenters. The number of nitrogens with one attached hydrogen (secondary N) is 1. The molecule has 1 heterocycles. The lowest BCUT2D eigenvalue weighted by Gasteiger charge is -2.12. The van der Waals surface area contributed by atoms with Crippen LogP contribution in [0.25, 0.3) is 0 Å². The maximum absolute atomic E-state index is 12.9. The highest BCUT2D eigenvalue weighted by Crippen LogP contribution is 2.34. The molecule has 7 heteroatoms. The van der Waals surface area contributed by atoms with Crippen LogP contribution in [0.3, 0.4) is 0 Å². The molecule has 21 heavy (non-hydrogen) atoms. The normalized spacial score (nSPS) is 18.5. The first-order valence-corrected chi connectivity index (χ1v) is 7.39. The summed E-state index contributed by atoms with van der Waals surface area (Å²) in [4.78, 5) is 4.44. The Balaban J connectivity index is 2.23. The molecule has 1 aliphatic heterocycles. The van der Waals surface area contributed by atoms with Gasteiger partial charge in [-0.2, -0.15) is 18.4 Å². The predicted molar refractivity (Wildman–Crippen MR) is 78.3 cm³/mol. The van der Waals surface area contributed by atoms with E-state index in [1.807, 2.05) is 0 Å². The molecule has 1 aliphatic rings. The van der Waals surface area contributed by atoms with E-state index in [-0.39, 0.29) is 17.3 Å². The Hall–Kier alpha value is -1.68. The number of halogens is 3. The topological polar surface area (TPSA) is 48.2 Å². The quantitative estimate of drug-likeness (QED) is 0.893. The Morgan fingerprint density at radius 3 is 2.67 bits per heavy atom. The van der Waals surface area contributed by atoms with Gasteiger partial charge < -0.3 is 5.32 Å². The molecule has 1 N–H and O–H groups in total. The number of rotatable bonds is 2. The van der Waals surface area contributed by atoms with Gasteiger partial charge in [0, 0.05) is 11.4 Å². The van der Waals surface area contributed by atoms with Crippen molar-refractivity contribution in [2.45, 2.75) is 26.1 Å². The standard InChI is InChI=1S/C14H14F3N3S/c1-8(2)12-7-21-13(20-12)19-10-4-3-9(6-18)11(5-10)14(15,16)17/h3-5,8,12H,7H2,1-2H3,(H,19,20)/t12-/m1/s1. The smallest absolute Gasteiger partial charge is 0.335 e. The van der Waals surface area contributed by atoms with E-state index in [1.165, 1.54) is 23.9 Å². The molecule has 3 nitrogen and oxygen atoms in total. The summed E-state index contributed by atoms with van der Waals surface area (Å²) < 4.78 is 38.6. The van der Waals surface area contributed by atoms with Crippen molar-refractivity contribution in [3.8, 4) is 6.07 Å². The van der Waals surface area contributed by atoms with E-state index in [4.69, 9.17) is 5.26 Å². The average Bonchev–Trinajstić information content (AvgIpc) is 2.86. The number of alkyl halides is 3. The van der Waals surface area contributed by atoms with Crippen LogP contribution in [-0.2, 0) is 6.18 Å². The minimum absolute atomic E-state index is 0.179. The van der Waals surface area contributed by atoms with Gasteiger partial charge in [0.05, 0.1) is 23.2 Å². The number of amidine groups is 1. The van der Waals surface area contributed by atoms with Crippen LogP contribution in [0.1, 0.15) is 25.0 Å². The predicted octanol–water partition coefficient (Wildman–Crippen LogP) is 4.12. The Kier molecular flexibility index (Phi) is 4.47. The van der Waals surface area contributed by atoms with E-state index >= 15 is 0 Å². The number of hydrogen-bond acceptors (Lipinski definition) is 4. The number of aliphatic imine (C=N–C) groups is 1. The van der Waals surface area contributed by atoms with Gasteiger partial charge in [0.2, 0.25) is 0 Å². The monoisotopic (exact) mass is 313 g/mol. The molecule has 112 valence electrons. The van der Waals surface area contributed by atoms with Gasteiger partial charge in [-0.15, -0.1) is 0 Å². The molecule has 0 radical (unpaired) electrons. The van der Waals surface area contributed by atoms with Crippen molar-refractivity contribution >= 4 is 22.6 Å². The largest absolute Gasteiger partial charge is 0.417 e. The Bertz CT molecular complexity index is 602. The van der Waals surface area contributed by atoms with Crippen LogP contribution in [-0.4, -0.2) is 17.0 Å². The first kappa shape index (κ1) is 15.7. The number of nitrogens with zero attached hydrogens (tertiary/aromatic N) is 2. The Labute approximate surface area is 125 Å². The maximum Gasteiger partial charge on any atom is 0.417 e. The molecule has 2 rings (SSSR count). The zero-order valence-corrected chi connectivity index (χ0v) is 12.3. The van der Waals surface area contributed by atoms with E-state index in [0.29, 0.717) is 11.1 Å². The SMILES string of the molecule is CC(C)[C@H]1CSC(Nc2ccc(C#N)c(C(F)(F)F)c2)=N1. The molecule has 1 aromatic carbocycles. The van der Waals surface area contributed by atoms with Crippen molar-refractivity contribution < 1.29 is 13.2 Å². The van der Waals surface area contributed by atoms with E-state index in [9.17, 15) is 13.2 Å². The molecule has 0 unspecified atom stereocenters. The van der Waals surface area contributed by atoms with Gasteiger partial charge in [-0.05, 0) is 24.1 Å². The molecular weight excluding hydrogens is 299 g/mol. The first-order valence-electron chi connectivity index (χ1n) is 6.40. The van der Waals surface area contributed by atoms with Crippen LogP contribution in [0, 0.1) is 17.2 Å². The highest BCUT2D eigenvalue weighted by Gasteiger charge is 2.34. The zero-order valence-electron chi connectivity index (χ0n) is 11.5. The second-order valence-electron chi connectivity index (χ2n) is 5.05. The lowest BCUT2D eigenvalue weighted by molar-refractivity contribution is -0.137. The van der Waals surface area contributed by atoms with E-state index in [1.54, 1.807) is 6.07 Å². The summed E-state index contributed by atoms with van der Waals surface area (Å²) in [6.07, 6.45) is -4.55. The van der Waals surface area contributed by atoms with E-state index in [2.05, 4.69) is 24.2 Å². The van der Waals surface area contributed by atoms with Gasteiger partial charge in [0.25, 0.3) is 0 Å². The summed E-state index contributed by atoms with van der Waals surface area (Å²) in [7, 11) is 0. The van der Waals surface area contributed by atoms with Gasteiger partial charge >= 0.3 is 6.18 Å². The fraction of sp³-hybridized carbons (Fsp3) is 0.429. The second-order valence-corrected chi connectivity index (χ2v) is 6.06. The maximum atomic E-state index is 12.9. The molecule has 0 bridgehead atoms. The van der Waals surface area contributed by atoms with Crippen LogP contribution in [0.15, 0.2) is 23.2 Å². The number of hydrogen-bond donors (Lipinski definition) is 1. The average molecular weight is 313 g/mol. The van der Waals surface area contributed by atoms with Crippen molar-refractivity contribution in [1.29, 1.82) is 5.26 Å². The van der Waals surface area contributed by atoms with Crippen molar-refractivity contribution in [2.24, 2.45) is 10.9 Å². The molecule has 0 saturated heterocycles. The van der Waals surface area contributed by atoms with Gasteiger partial charge in [-0.1, -0.05) is 25.6 Å². The highest BCUT2D eigenvalue weighted by molar-refractivity contribution is 8.14. The molecule has 0 spiro atoms. The second kappa shape index (κ2) is 5.98. The lowest BCUT2D eigenvalue weighted by atomic mass is 10.1. The number of thioether (sulfide) groups is 1. The number of nitriles is 1. The van der Waals surface area contributed by atoms with Gasteiger partial charge in [-0.3, -0.25) is 4.99 Å². The van der Waals surface area contributed by atoms with E-state index < -0.39 is 11.7 Å². The molecule has 0 aliphatic carbocycles. The number of benzene rings is 1. The van der Waals surface area contributed by atoms with Crippen molar-refractivity contribution in [1.82, 2.24) is 0 Å². The minimum atomic E-state index is -4.55. The summed E-state index contributed by atoms with van der Waals surface area (Å²) in [6, 6.07) is 5.32. The van der Waals surface area contributed by atoms with Gasteiger partial charge in [0.15, 0.2) is 5.17 Å². The Morgan fingerprint density at radius 1 is 1.43 bits per heavy atom. The minimum Gasteiger partial charge on any atom is -0.335 e. The first-order chi connectivity index (χ1) is 9.81. The van der Waals surface area contributed by atoms with Crippen LogP contribution < -0.4 is 5.32 Å². The van der Waals surface area contributed by atoms with Crippen LogP contribution in [0.2, 0.25) is 0 Å². The third kappa shape index (κ3) is 3.70. The van der Waals surface area contributed by atoms with E-state index in [0.717, 1.165) is 11.8 Å². The lowest BCUT2D eigenvalue weighted by Crippen LogP contribution is -2.12. The summed E-state index contributed by atoms with van der Waals surface area (Å²) in [5, 5.41) is 12.3. The molecule has 0 aromatic heterocycles.